The van der Waals surface area contributed by atoms with E-state index in [-0.39, 0.29) is 35.8 Å². The zero-order valence-electron chi connectivity index (χ0n) is 20.7. The van der Waals surface area contributed by atoms with Gasteiger partial charge in [-0.2, -0.15) is 0 Å². The van der Waals surface area contributed by atoms with Gasteiger partial charge in [0, 0.05) is 36.0 Å². The lowest BCUT2D eigenvalue weighted by atomic mass is 9.60. The van der Waals surface area contributed by atoms with Gasteiger partial charge in [0.05, 0.1) is 17.3 Å². The summed E-state index contributed by atoms with van der Waals surface area (Å²) in [4.78, 5) is 45.2. The maximum absolute atomic E-state index is 14.3. The van der Waals surface area contributed by atoms with E-state index in [0.717, 1.165) is 0 Å². The van der Waals surface area contributed by atoms with Gasteiger partial charge in [0.2, 0.25) is 5.91 Å². The molecule has 36 heavy (non-hydrogen) atoms. The van der Waals surface area contributed by atoms with E-state index in [1.807, 2.05) is 26.0 Å². The summed E-state index contributed by atoms with van der Waals surface area (Å²) in [5.41, 5.74) is 7.22. The van der Waals surface area contributed by atoms with Gasteiger partial charge in [-0.15, -0.1) is 0 Å². The molecule has 1 atom stereocenters. The number of amides is 1. The molecule has 2 aliphatic heterocycles. The first-order chi connectivity index (χ1) is 17.1. The van der Waals surface area contributed by atoms with Crippen LogP contribution >= 0.6 is 11.6 Å². The van der Waals surface area contributed by atoms with Crippen LogP contribution in [0.5, 0.6) is 0 Å². The van der Waals surface area contributed by atoms with Crippen molar-refractivity contribution in [3.05, 3.63) is 81.8 Å². The second-order valence-corrected chi connectivity index (χ2v) is 10.6. The van der Waals surface area contributed by atoms with Crippen molar-refractivity contribution in [1.29, 1.82) is 0 Å². The minimum Gasteiger partial charge on any atom is -0.462 e. The number of nitrogens with zero attached hydrogens (tertiary/aromatic N) is 2. The quantitative estimate of drug-likeness (QED) is 0.619. The second kappa shape index (κ2) is 8.23. The number of anilines is 2. The summed E-state index contributed by atoms with van der Waals surface area (Å²) in [6.45, 7) is 5.77. The van der Waals surface area contributed by atoms with Crippen molar-refractivity contribution in [2.24, 2.45) is 11.1 Å². The molecule has 1 spiro atoms. The van der Waals surface area contributed by atoms with Crippen LogP contribution in [0.4, 0.5) is 11.4 Å². The number of allylic oxidation sites excluding steroid dienone is 1. The van der Waals surface area contributed by atoms with Crippen LogP contribution < -0.4 is 15.5 Å². The van der Waals surface area contributed by atoms with Crippen LogP contribution in [0.15, 0.2) is 71.2 Å². The number of carbonyl (C=O) groups is 3. The molecule has 8 heteroatoms. The van der Waals surface area contributed by atoms with Gasteiger partial charge in [0.15, 0.2) is 5.78 Å². The van der Waals surface area contributed by atoms with Crippen LogP contribution in [-0.2, 0) is 24.5 Å². The van der Waals surface area contributed by atoms with Crippen LogP contribution in [0.3, 0.4) is 0 Å². The summed E-state index contributed by atoms with van der Waals surface area (Å²) in [5.74, 6) is -1.32. The number of likely N-dealkylation sites (N-methyl/N-ethyl adjacent to an activating group) is 1. The number of halogens is 1. The number of hydrogen-bond acceptors (Lipinski definition) is 6. The SMILES string of the molecule is CCOC(=O)C1=C(N)N(c2ccccc2Cl)C2=C(C(=O)CC(C)(C)C2)C12C(=O)N(C)c1ccccc12. The van der Waals surface area contributed by atoms with E-state index in [2.05, 4.69) is 0 Å². The Hall–Kier alpha value is -3.58. The normalized spacial score (nSPS) is 22.8. The molecular weight excluding hydrogens is 478 g/mol. The molecule has 7 nitrogen and oxygen atoms in total. The molecule has 0 saturated heterocycles. The molecule has 5 rings (SSSR count). The van der Waals surface area contributed by atoms with Crippen molar-refractivity contribution in [3.8, 4) is 0 Å². The Morgan fingerprint density at radius 2 is 1.69 bits per heavy atom. The first-order valence-corrected chi connectivity index (χ1v) is 12.3. The van der Waals surface area contributed by atoms with Crippen LogP contribution in [0.2, 0.25) is 5.02 Å². The molecule has 3 aliphatic rings. The third-order valence-corrected chi connectivity index (χ3v) is 7.56. The highest BCUT2D eigenvalue weighted by molar-refractivity contribution is 6.33. The smallest absolute Gasteiger partial charge is 0.339 e. The Kier molecular flexibility index (Phi) is 5.52. The summed E-state index contributed by atoms with van der Waals surface area (Å²) < 4.78 is 5.47. The van der Waals surface area contributed by atoms with Crippen molar-refractivity contribution < 1.29 is 19.1 Å². The van der Waals surface area contributed by atoms with Gasteiger partial charge in [-0.3, -0.25) is 14.5 Å². The lowest BCUT2D eigenvalue weighted by molar-refractivity contribution is -0.140. The molecule has 1 unspecified atom stereocenters. The largest absolute Gasteiger partial charge is 0.462 e. The van der Waals surface area contributed by atoms with Gasteiger partial charge in [0.1, 0.15) is 16.8 Å². The van der Waals surface area contributed by atoms with Crippen molar-refractivity contribution in [2.75, 3.05) is 23.5 Å². The standard InChI is InChI=1S/C28H28ClN3O4/c1-5-36-25(34)23-24(30)32(19-13-9-7-11-17(19)29)20-14-27(2,3)15-21(33)22(20)28(23)16-10-6-8-12-18(16)31(4)26(28)35/h6-13H,5,14-15,30H2,1-4H3. The molecule has 2 N–H and O–H groups in total. The molecular formula is C28H28ClN3O4. The first-order valence-electron chi connectivity index (χ1n) is 11.9. The van der Waals surface area contributed by atoms with Crippen LogP contribution in [0.1, 0.15) is 39.2 Å². The lowest BCUT2D eigenvalue weighted by Crippen LogP contribution is -2.55. The summed E-state index contributed by atoms with van der Waals surface area (Å²) in [5, 5.41) is 0.401. The lowest BCUT2D eigenvalue weighted by Gasteiger charge is -2.47. The highest BCUT2D eigenvalue weighted by atomic mass is 35.5. The zero-order valence-corrected chi connectivity index (χ0v) is 21.5. The fraction of sp³-hybridized carbons (Fsp3) is 0.321. The Labute approximate surface area is 215 Å². The maximum Gasteiger partial charge on any atom is 0.339 e. The number of Topliss-reactive ketones (excluding diaryl/α,β-unsaturated/α-hetero) is 1. The summed E-state index contributed by atoms with van der Waals surface area (Å²) in [6.07, 6.45) is 0.677. The van der Waals surface area contributed by atoms with E-state index < -0.39 is 22.7 Å². The molecule has 0 radical (unpaired) electrons. The molecule has 0 aromatic heterocycles. The van der Waals surface area contributed by atoms with Crippen molar-refractivity contribution in [3.63, 3.8) is 0 Å². The summed E-state index contributed by atoms with van der Waals surface area (Å²) >= 11 is 6.62. The molecule has 0 saturated carbocycles. The van der Waals surface area contributed by atoms with Gasteiger partial charge in [-0.25, -0.2) is 4.79 Å². The fourth-order valence-electron chi connectivity index (χ4n) is 5.89. The molecule has 2 aromatic carbocycles. The molecule has 186 valence electrons. The molecule has 1 aliphatic carbocycles. The molecule has 1 amide bonds. The van der Waals surface area contributed by atoms with E-state index in [9.17, 15) is 14.4 Å². The Morgan fingerprint density at radius 1 is 1.06 bits per heavy atom. The monoisotopic (exact) mass is 505 g/mol. The highest BCUT2D eigenvalue weighted by Gasteiger charge is 2.64. The average Bonchev–Trinajstić information content (AvgIpc) is 3.02. The second-order valence-electron chi connectivity index (χ2n) is 10.2. The average molecular weight is 506 g/mol. The van der Waals surface area contributed by atoms with Gasteiger partial charge < -0.3 is 15.4 Å². The molecule has 2 heterocycles. The van der Waals surface area contributed by atoms with E-state index >= 15 is 0 Å². The van der Waals surface area contributed by atoms with E-state index in [0.29, 0.717) is 34.1 Å². The number of benzene rings is 2. The van der Waals surface area contributed by atoms with Gasteiger partial charge in [0.25, 0.3) is 0 Å². The third kappa shape index (κ3) is 3.15. The third-order valence-electron chi connectivity index (χ3n) is 7.24. The number of rotatable bonds is 3. The molecule has 0 bridgehead atoms. The summed E-state index contributed by atoms with van der Waals surface area (Å²) in [7, 11) is 1.65. The number of esters is 1. The predicted octanol–water partition coefficient (Wildman–Crippen LogP) is 4.45. The number of fused-ring (bicyclic) bond motifs is 3. The van der Waals surface area contributed by atoms with Crippen LogP contribution in [-0.4, -0.2) is 31.3 Å². The number of hydrogen-bond donors (Lipinski definition) is 1. The first kappa shape index (κ1) is 24.1. The number of ether oxygens (including phenoxy) is 1. The number of ketones is 1. The van der Waals surface area contributed by atoms with Crippen molar-refractivity contribution >= 4 is 40.6 Å². The van der Waals surface area contributed by atoms with Crippen LogP contribution in [0.25, 0.3) is 0 Å². The highest BCUT2D eigenvalue weighted by Crippen LogP contribution is 2.58. The van der Waals surface area contributed by atoms with Crippen molar-refractivity contribution in [2.45, 2.75) is 39.0 Å². The van der Waals surface area contributed by atoms with Gasteiger partial charge in [-0.1, -0.05) is 55.8 Å². The van der Waals surface area contributed by atoms with E-state index in [1.54, 1.807) is 55.3 Å². The minimum atomic E-state index is -1.71. The molecule has 0 fully saturated rings. The Morgan fingerprint density at radius 3 is 2.36 bits per heavy atom. The number of nitrogens with two attached hydrogens (primary N) is 1. The molecule has 2 aromatic rings. The van der Waals surface area contributed by atoms with Gasteiger partial charge in [-0.05, 0) is 37.0 Å². The zero-order chi connectivity index (χ0) is 26.0. The fourth-order valence-corrected chi connectivity index (χ4v) is 6.11. The topological polar surface area (TPSA) is 92.9 Å². The van der Waals surface area contributed by atoms with Crippen molar-refractivity contribution in [1.82, 2.24) is 0 Å². The number of carbonyl (C=O) groups excluding carboxylic acids is 3. The van der Waals surface area contributed by atoms with Gasteiger partial charge >= 0.3 is 5.97 Å². The minimum absolute atomic E-state index is 0.0317. The maximum atomic E-state index is 14.3. The Bertz CT molecular complexity index is 1390. The number of para-hydroxylation sites is 2. The van der Waals surface area contributed by atoms with E-state index in [4.69, 9.17) is 22.1 Å². The predicted molar refractivity (Wildman–Crippen MR) is 138 cm³/mol. The van der Waals surface area contributed by atoms with E-state index in [1.165, 1.54) is 4.90 Å². The van der Waals surface area contributed by atoms with Crippen LogP contribution in [0, 0.1) is 5.41 Å². The Balaban J connectivity index is 1.95. The summed E-state index contributed by atoms with van der Waals surface area (Å²) in [6, 6.07) is 14.3.